The van der Waals surface area contributed by atoms with Crippen LogP contribution >= 0.6 is 0 Å². The van der Waals surface area contributed by atoms with Crippen LogP contribution in [0, 0.1) is 0 Å². The molecule has 4 rings (SSSR count). The number of hydrogen-bond donors (Lipinski definition) is 0. The average Bonchev–Trinajstić information content (AvgIpc) is 3.12. The van der Waals surface area contributed by atoms with Gasteiger partial charge < -0.3 is 4.90 Å². The topological polar surface area (TPSA) is 46.3 Å². The fourth-order valence-corrected chi connectivity index (χ4v) is 2.99. The lowest BCUT2D eigenvalue weighted by Crippen LogP contribution is -2.20. The van der Waals surface area contributed by atoms with Crippen LogP contribution in [-0.2, 0) is 0 Å². The monoisotopic (exact) mass is 317 g/mol. The molecule has 0 N–H and O–H groups in total. The molecule has 0 atom stereocenters. The van der Waals surface area contributed by atoms with Crippen LogP contribution in [0.2, 0.25) is 0 Å². The third-order valence-corrected chi connectivity index (χ3v) is 4.20. The Morgan fingerprint density at radius 2 is 1.79 bits per heavy atom. The van der Waals surface area contributed by atoms with Crippen LogP contribution in [0.15, 0.2) is 60.9 Å². The minimum atomic E-state index is 0.626. The number of benzene rings is 2. The third-order valence-electron chi connectivity index (χ3n) is 4.20. The van der Waals surface area contributed by atoms with Gasteiger partial charge in [-0.1, -0.05) is 43.7 Å². The van der Waals surface area contributed by atoms with Gasteiger partial charge in [0.25, 0.3) is 5.78 Å². The number of anilines is 2. The van der Waals surface area contributed by atoms with Crippen LogP contribution in [0.25, 0.3) is 16.7 Å². The summed E-state index contributed by atoms with van der Waals surface area (Å²) in [5.41, 5.74) is 2.22. The van der Waals surface area contributed by atoms with Gasteiger partial charge in [0.15, 0.2) is 0 Å². The molecule has 0 aliphatic rings. The van der Waals surface area contributed by atoms with Crippen molar-refractivity contribution in [2.75, 3.05) is 11.4 Å². The van der Waals surface area contributed by atoms with Crippen molar-refractivity contribution in [1.29, 1.82) is 0 Å². The van der Waals surface area contributed by atoms with E-state index in [1.54, 1.807) is 6.33 Å². The van der Waals surface area contributed by atoms with Crippen molar-refractivity contribution < 1.29 is 0 Å². The largest absolute Gasteiger partial charge is 0.326 e. The number of rotatable bonds is 5. The lowest BCUT2D eigenvalue weighted by atomic mass is 10.2. The van der Waals surface area contributed by atoms with Crippen LogP contribution in [0.4, 0.5) is 11.5 Å². The summed E-state index contributed by atoms with van der Waals surface area (Å²) < 4.78 is 1.93. The zero-order valence-electron chi connectivity index (χ0n) is 13.6. The average molecular weight is 317 g/mol. The van der Waals surface area contributed by atoms with Gasteiger partial charge in [-0.05, 0) is 30.7 Å². The SMILES string of the molecule is CCCCN(c1ccccc1)c1nc2nncn2c2ccccc12. The molecule has 4 aromatic rings. The molecule has 2 heterocycles. The molecule has 0 amide bonds. The summed E-state index contributed by atoms with van der Waals surface area (Å²) in [6.07, 6.45) is 3.95. The zero-order chi connectivity index (χ0) is 16.4. The van der Waals surface area contributed by atoms with Gasteiger partial charge in [0.2, 0.25) is 0 Å². The van der Waals surface area contributed by atoms with E-state index in [4.69, 9.17) is 4.98 Å². The van der Waals surface area contributed by atoms with Gasteiger partial charge in [-0.25, -0.2) is 0 Å². The molecule has 0 bridgehead atoms. The summed E-state index contributed by atoms with van der Waals surface area (Å²) >= 11 is 0. The number of aromatic nitrogens is 4. The summed E-state index contributed by atoms with van der Waals surface area (Å²) in [7, 11) is 0. The Balaban J connectivity index is 1.96. The number of hydrogen-bond acceptors (Lipinski definition) is 4. The Bertz CT molecular complexity index is 961. The molecule has 0 saturated heterocycles. The van der Waals surface area contributed by atoms with E-state index in [1.165, 1.54) is 0 Å². The predicted octanol–water partition coefficient (Wildman–Crippen LogP) is 4.22. The first kappa shape index (κ1) is 14.6. The first-order chi connectivity index (χ1) is 11.9. The molecule has 5 heteroatoms. The summed E-state index contributed by atoms with van der Waals surface area (Å²) in [5.74, 6) is 1.56. The molecule has 0 fully saturated rings. The Labute approximate surface area is 140 Å². The Morgan fingerprint density at radius 3 is 2.62 bits per heavy atom. The van der Waals surface area contributed by atoms with E-state index in [0.717, 1.165) is 41.8 Å². The highest BCUT2D eigenvalue weighted by atomic mass is 15.3. The quantitative estimate of drug-likeness (QED) is 0.553. The Kier molecular flexibility index (Phi) is 3.83. The van der Waals surface area contributed by atoms with Crippen LogP contribution in [0.1, 0.15) is 19.8 Å². The Hall–Kier alpha value is -2.95. The molecule has 5 nitrogen and oxygen atoms in total. The van der Waals surface area contributed by atoms with E-state index in [0.29, 0.717) is 5.78 Å². The molecule has 0 aliphatic carbocycles. The van der Waals surface area contributed by atoms with Crippen molar-refractivity contribution in [3.05, 3.63) is 60.9 Å². The smallest absolute Gasteiger partial charge is 0.257 e. The van der Waals surface area contributed by atoms with Gasteiger partial charge in [-0.15, -0.1) is 10.2 Å². The normalized spacial score (nSPS) is 11.2. The minimum Gasteiger partial charge on any atom is -0.326 e. The van der Waals surface area contributed by atoms with Gasteiger partial charge in [0.05, 0.1) is 5.52 Å². The molecular formula is C19H19N5. The highest BCUT2D eigenvalue weighted by Crippen LogP contribution is 2.31. The van der Waals surface area contributed by atoms with E-state index in [9.17, 15) is 0 Å². The van der Waals surface area contributed by atoms with Crippen molar-refractivity contribution in [3.8, 4) is 0 Å². The molecule has 0 unspecified atom stereocenters. The lowest BCUT2D eigenvalue weighted by Gasteiger charge is -2.25. The third kappa shape index (κ3) is 2.48. The fourth-order valence-electron chi connectivity index (χ4n) is 2.99. The maximum absolute atomic E-state index is 4.81. The van der Waals surface area contributed by atoms with E-state index < -0.39 is 0 Å². The van der Waals surface area contributed by atoms with Gasteiger partial charge in [0, 0.05) is 17.6 Å². The van der Waals surface area contributed by atoms with Gasteiger partial charge in [0.1, 0.15) is 12.1 Å². The molecule has 0 radical (unpaired) electrons. The molecule has 2 aromatic heterocycles. The minimum absolute atomic E-state index is 0.626. The van der Waals surface area contributed by atoms with Crippen LogP contribution in [0.3, 0.4) is 0 Å². The summed E-state index contributed by atoms with van der Waals surface area (Å²) in [4.78, 5) is 7.09. The standard InChI is InChI=1S/C19H19N5/c1-2-3-13-23(15-9-5-4-6-10-15)18-16-11-7-8-12-17(16)24-14-20-22-19(24)21-18/h4-12,14H,2-3,13H2,1H3. The first-order valence-corrected chi connectivity index (χ1v) is 8.29. The molecule has 120 valence electrons. The van der Waals surface area contributed by atoms with Crippen molar-refractivity contribution in [2.24, 2.45) is 0 Å². The second-order valence-corrected chi connectivity index (χ2v) is 5.79. The fraction of sp³-hybridized carbons (Fsp3) is 0.211. The second-order valence-electron chi connectivity index (χ2n) is 5.79. The molecule has 2 aromatic carbocycles. The van der Waals surface area contributed by atoms with E-state index in [1.807, 2.05) is 22.6 Å². The maximum Gasteiger partial charge on any atom is 0.257 e. The van der Waals surface area contributed by atoms with Gasteiger partial charge in [-0.2, -0.15) is 4.98 Å². The number of fused-ring (bicyclic) bond motifs is 3. The predicted molar refractivity (Wildman–Crippen MR) is 96.6 cm³/mol. The van der Waals surface area contributed by atoms with Crippen LogP contribution in [0.5, 0.6) is 0 Å². The molecular weight excluding hydrogens is 298 g/mol. The van der Waals surface area contributed by atoms with Crippen molar-refractivity contribution in [1.82, 2.24) is 19.6 Å². The molecule has 0 aliphatic heterocycles. The van der Waals surface area contributed by atoms with Crippen LogP contribution in [-0.4, -0.2) is 26.1 Å². The summed E-state index contributed by atoms with van der Waals surface area (Å²) in [6.45, 7) is 3.12. The van der Waals surface area contributed by atoms with Gasteiger partial charge >= 0.3 is 0 Å². The summed E-state index contributed by atoms with van der Waals surface area (Å²) in [6, 6.07) is 18.7. The van der Waals surface area contributed by atoms with Gasteiger partial charge in [-0.3, -0.25) is 4.40 Å². The number of nitrogens with zero attached hydrogens (tertiary/aromatic N) is 5. The lowest BCUT2D eigenvalue weighted by molar-refractivity contribution is 0.781. The van der Waals surface area contributed by atoms with Crippen molar-refractivity contribution in [2.45, 2.75) is 19.8 Å². The van der Waals surface area contributed by atoms with E-state index >= 15 is 0 Å². The number of unbranched alkanes of at least 4 members (excludes halogenated alkanes) is 1. The Morgan fingerprint density at radius 1 is 1.00 bits per heavy atom. The molecule has 0 saturated carbocycles. The van der Waals surface area contributed by atoms with Crippen molar-refractivity contribution in [3.63, 3.8) is 0 Å². The van der Waals surface area contributed by atoms with E-state index in [-0.39, 0.29) is 0 Å². The van der Waals surface area contributed by atoms with Crippen molar-refractivity contribution >= 4 is 28.2 Å². The highest BCUT2D eigenvalue weighted by molar-refractivity contribution is 5.93. The summed E-state index contributed by atoms with van der Waals surface area (Å²) in [5, 5.41) is 9.28. The maximum atomic E-state index is 4.81. The second kappa shape index (κ2) is 6.28. The van der Waals surface area contributed by atoms with Crippen LogP contribution < -0.4 is 4.90 Å². The molecule has 24 heavy (non-hydrogen) atoms. The number of para-hydroxylation sites is 2. The first-order valence-electron chi connectivity index (χ1n) is 8.29. The zero-order valence-corrected chi connectivity index (χ0v) is 13.6. The van der Waals surface area contributed by atoms with E-state index in [2.05, 4.69) is 58.4 Å². The highest BCUT2D eigenvalue weighted by Gasteiger charge is 2.16. The molecule has 0 spiro atoms.